The first kappa shape index (κ1) is 14.1. The van der Waals surface area contributed by atoms with Crippen molar-refractivity contribution in [3.05, 3.63) is 29.8 Å². The van der Waals surface area contributed by atoms with E-state index >= 15 is 0 Å². The van der Waals surface area contributed by atoms with E-state index in [2.05, 4.69) is 13.8 Å². The molecule has 0 bridgehead atoms. The normalized spacial score (nSPS) is 13.0. The standard InChI is InChI=1S/C10H14O3S.CH4/c1-3-8(2)9-4-6-10(7-5-9)14(11,12)13;/h4-8H,3H2,1-2H3,(H,11,12,13);1H4. The summed E-state index contributed by atoms with van der Waals surface area (Å²) in [5.41, 5.74) is 1.08. The summed E-state index contributed by atoms with van der Waals surface area (Å²) in [5, 5.41) is 0. The third-order valence-electron chi connectivity index (χ3n) is 2.36. The van der Waals surface area contributed by atoms with Crippen LogP contribution in [0, 0.1) is 0 Å². The van der Waals surface area contributed by atoms with E-state index in [9.17, 15) is 8.42 Å². The van der Waals surface area contributed by atoms with Crippen molar-refractivity contribution < 1.29 is 13.0 Å². The predicted octanol–water partition coefficient (Wildman–Crippen LogP) is 3.08. The van der Waals surface area contributed by atoms with Crippen molar-refractivity contribution in [2.24, 2.45) is 0 Å². The van der Waals surface area contributed by atoms with Crippen LogP contribution >= 0.6 is 0 Å². The third kappa shape index (κ3) is 3.64. The summed E-state index contributed by atoms with van der Waals surface area (Å²) in [6.45, 7) is 4.14. The molecular formula is C11H18O3S. The van der Waals surface area contributed by atoms with E-state index in [-0.39, 0.29) is 12.3 Å². The minimum Gasteiger partial charge on any atom is -0.282 e. The third-order valence-corrected chi connectivity index (χ3v) is 3.23. The van der Waals surface area contributed by atoms with Gasteiger partial charge in [0.25, 0.3) is 10.1 Å². The molecule has 0 saturated heterocycles. The van der Waals surface area contributed by atoms with Gasteiger partial charge in [-0.3, -0.25) is 4.55 Å². The maximum atomic E-state index is 10.7. The van der Waals surface area contributed by atoms with Crippen LogP contribution in [-0.4, -0.2) is 13.0 Å². The molecule has 1 unspecified atom stereocenters. The fourth-order valence-corrected chi connectivity index (χ4v) is 1.68. The highest BCUT2D eigenvalue weighted by molar-refractivity contribution is 7.85. The zero-order valence-electron chi connectivity index (χ0n) is 8.27. The van der Waals surface area contributed by atoms with Crippen LogP contribution in [0.5, 0.6) is 0 Å². The van der Waals surface area contributed by atoms with Gasteiger partial charge in [0.2, 0.25) is 0 Å². The second-order valence-corrected chi connectivity index (χ2v) is 4.77. The molecule has 0 saturated carbocycles. The molecule has 0 fully saturated rings. The Balaban J connectivity index is 0.00000196. The van der Waals surface area contributed by atoms with Gasteiger partial charge in [0.15, 0.2) is 0 Å². The molecule has 0 radical (unpaired) electrons. The Morgan fingerprint density at radius 3 is 2.07 bits per heavy atom. The topological polar surface area (TPSA) is 54.4 Å². The van der Waals surface area contributed by atoms with Crippen LogP contribution < -0.4 is 0 Å². The van der Waals surface area contributed by atoms with E-state index < -0.39 is 10.1 Å². The monoisotopic (exact) mass is 230 g/mol. The van der Waals surface area contributed by atoms with Gasteiger partial charge in [-0.15, -0.1) is 0 Å². The molecular weight excluding hydrogens is 212 g/mol. The highest BCUT2D eigenvalue weighted by atomic mass is 32.2. The minimum atomic E-state index is -4.05. The fourth-order valence-electron chi connectivity index (χ4n) is 1.20. The second kappa shape index (κ2) is 5.28. The molecule has 15 heavy (non-hydrogen) atoms. The Hall–Kier alpha value is -0.870. The molecule has 0 aromatic heterocycles. The Bertz CT molecular complexity index is 392. The van der Waals surface area contributed by atoms with Crippen LogP contribution in [-0.2, 0) is 10.1 Å². The molecule has 0 heterocycles. The summed E-state index contributed by atoms with van der Waals surface area (Å²) in [7, 11) is -4.05. The van der Waals surface area contributed by atoms with Crippen molar-refractivity contribution in [3.63, 3.8) is 0 Å². The highest BCUT2D eigenvalue weighted by Gasteiger charge is 2.09. The molecule has 0 aliphatic rings. The molecule has 1 atom stereocenters. The molecule has 0 spiro atoms. The maximum absolute atomic E-state index is 10.7. The summed E-state index contributed by atoms with van der Waals surface area (Å²) >= 11 is 0. The number of benzene rings is 1. The smallest absolute Gasteiger partial charge is 0.282 e. The van der Waals surface area contributed by atoms with E-state index in [1.807, 2.05) is 0 Å². The maximum Gasteiger partial charge on any atom is 0.294 e. The van der Waals surface area contributed by atoms with Crippen LogP contribution in [0.4, 0.5) is 0 Å². The average molecular weight is 230 g/mol. The quantitative estimate of drug-likeness (QED) is 0.812. The molecule has 1 rings (SSSR count). The second-order valence-electron chi connectivity index (χ2n) is 3.35. The molecule has 1 aromatic carbocycles. The van der Waals surface area contributed by atoms with Crippen LogP contribution in [0.25, 0.3) is 0 Å². The largest absolute Gasteiger partial charge is 0.294 e. The molecule has 0 amide bonds. The van der Waals surface area contributed by atoms with Gasteiger partial charge in [-0.25, -0.2) is 0 Å². The van der Waals surface area contributed by atoms with Gasteiger partial charge in [-0.2, -0.15) is 8.42 Å². The van der Waals surface area contributed by atoms with Crippen LogP contribution in [0.15, 0.2) is 29.2 Å². The number of hydrogen-bond acceptors (Lipinski definition) is 2. The van der Waals surface area contributed by atoms with E-state index in [0.717, 1.165) is 12.0 Å². The van der Waals surface area contributed by atoms with Crippen molar-refractivity contribution in [1.82, 2.24) is 0 Å². The molecule has 1 aromatic rings. The van der Waals surface area contributed by atoms with Crippen LogP contribution in [0.2, 0.25) is 0 Å². The van der Waals surface area contributed by atoms with Crippen molar-refractivity contribution in [2.75, 3.05) is 0 Å². The van der Waals surface area contributed by atoms with E-state index in [1.165, 1.54) is 12.1 Å². The molecule has 1 N–H and O–H groups in total. The molecule has 0 aliphatic carbocycles. The Morgan fingerprint density at radius 1 is 1.27 bits per heavy atom. The first-order chi connectivity index (χ1) is 6.45. The summed E-state index contributed by atoms with van der Waals surface area (Å²) in [4.78, 5) is -0.0513. The van der Waals surface area contributed by atoms with Crippen molar-refractivity contribution in [1.29, 1.82) is 0 Å². The Morgan fingerprint density at radius 2 is 1.73 bits per heavy atom. The lowest BCUT2D eigenvalue weighted by Crippen LogP contribution is -1.98. The van der Waals surface area contributed by atoms with Crippen LogP contribution in [0.3, 0.4) is 0 Å². The summed E-state index contributed by atoms with van der Waals surface area (Å²) < 4.78 is 30.2. The first-order valence-electron chi connectivity index (χ1n) is 4.52. The first-order valence-corrected chi connectivity index (χ1v) is 5.96. The number of rotatable bonds is 3. The van der Waals surface area contributed by atoms with Crippen molar-refractivity contribution in [2.45, 2.75) is 38.5 Å². The van der Waals surface area contributed by atoms with Gasteiger partial charge in [0, 0.05) is 0 Å². The molecule has 0 aliphatic heterocycles. The van der Waals surface area contributed by atoms with Gasteiger partial charge in [-0.1, -0.05) is 33.4 Å². The summed E-state index contributed by atoms with van der Waals surface area (Å²) in [6.07, 6.45) is 1.01. The highest BCUT2D eigenvalue weighted by Crippen LogP contribution is 2.20. The lowest BCUT2D eigenvalue weighted by Gasteiger charge is -2.08. The van der Waals surface area contributed by atoms with Gasteiger partial charge in [0.1, 0.15) is 0 Å². The Kier molecular flexibility index (Phi) is 4.97. The van der Waals surface area contributed by atoms with Crippen LogP contribution in [0.1, 0.15) is 39.2 Å². The molecule has 4 heteroatoms. The summed E-state index contributed by atoms with van der Waals surface area (Å²) in [5.74, 6) is 0.408. The van der Waals surface area contributed by atoms with E-state index in [4.69, 9.17) is 4.55 Å². The molecule has 86 valence electrons. The summed E-state index contributed by atoms with van der Waals surface area (Å²) in [6, 6.07) is 6.32. The number of hydrogen-bond donors (Lipinski definition) is 1. The van der Waals surface area contributed by atoms with E-state index in [1.54, 1.807) is 12.1 Å². The van der Waals surface area contributed by atoms with Crippen molar-refractivity contribution >= 4 is 10.1 Å². The van der Waals surface area contributed by atoms with E-state index in [0.29, 0.717) is 5.92 Å². The van der Waals surface area contributed by atoms with Gasteiger partial charge >= 0.3 is 0 Å². The molecule has 3 nitrogen and oxygen atoms in total. The SMILES string of the molecule is C.CCC(C)c1ccc(S(=O)(=O)O)cc1. The predicted molar refractivity (Wildman–Crippen MR) is 61.7 cm³/mol. The minimum absolute atomic E-state index is 0. The van der Waals surface area contributed by atoms with Crippen molar-refractivity contribution in [3.8, 4) is 0 Å². The zero-order valence-corrected chi connectivity index (χ0v) is 9.08. The van der Waals surface area contributed by atoms with Gasteiger partial charge < -0.3 is 0 Å². The lowest BCUT2D eigenvalue weighted by molar-refractivity contribution is 0.483. The van der Waals surface area contributed by atoms with Gasteiger partial charge in [0.05, 0.1) is 4.90 Å². The fraction of sp³-hybridized carbons (Fsp3) is 0.455. The Labute approximate surface area is 91.9 Å². The van der Waals surface area contributed by atoms with Gasteiger partial charge in [-0.05, 0) is 30.0 Å². The average Bonchev–Trinajstić information content (AvgIpc) is 2.15. The zero-order chi connectivity index (χ0) is 10.8. The lowest BCUT2D eigenvalue weighted by atomic mass is 9.99.